The summed E-state index contributed by atoms with van der Waals surface area (Å²) in [5.74, 6) is -0.0697. The normalized spacial score (nSPS) is 10.5. The number of rotatable bonds is 16. The molecule has 145 valence electrons. The second kappa shape index (κ2) is 22.5. The second-order valence-electron chi connectivity index (χ2n) is 7.49. The van der Waals surface area contributed by atoms with Gasteiger partial charge in [0.1, 0.15) is 0 Å². The Morgan fingerprint density at radius 2 is 0.958 bits per heavy atom. The molecule has 0 fully saturated rings. The molecule has 0 aliphatic carbocycles. The van der Waals surface area contributed by atoms with Crippen molar-refractivity contribution in [3.8, 4) is 0 Å². The Morgan fingerprint density at radius 1 is 0.708 bits per heavy atom. The van der Waals surface area contributed by atoms with Crippen LogP contribution < -0.4 is 0 Å². The van der Waals surface area contributed by atoms with E-state index in [9.17, 15) is 4.79 Å². The van der Waals surface area contributed by atoms with E-state index >= 15 is 0 Å². The molecule has 0 aromatic carbocycles. The highest BCUT2D eigenvalue weighted by molar-refractivity contribution is 5.66. The Hall–Kier alpha value is -0.530. The highest BCUT2D eigenvalue weighted by Crippen LogP contribution is 2.13. The minimum atomic E-state index is -0.653. The topological polar surface area (TPSA) is 37.3 Å². The molecule has 0 aromatic heterocycles. The molecule has 0 aromatic rings. The Morgan fingerprint density at radius 3 is 1.21 bits per heavy atom. The summed E-state index contributed by atoms with van der Waals surface area (Å²) >= 11 is 0. The van der Waals surface area contributed by atoms with Crippen LogP contribution in [0.5, 0.6) is 0 Å². The first-order chi connectivity index (χ1) is 11.5. The van der Waals surface area contributed by atoms with Crippen LogP contribution in [0.4, 0.5) is 0 Å². The monoisotopic (exact) mass is 341 g/mol. The van der Waals surface area contributed by atoms with Gasteiger partial charge in [0.05, 0.1) is 0 Å². The summed E-state index contributed by atoms with van der Waals surface area (Å²) in [7, 11) is 0. The van der Waals surface area contributed by atoms with Gasteiger partial charge in [-0.25, -0.2) is 0 Å². The zero-order chi connectivity index (χ0) is 18.5. The van der Waals surface area contributed by atoms with E-state index in [2.05, 4.69) is 27.7 Å². The fourth-order valence-electron chi connectivity index (χ4n) is 2.65. The van der Waals surface area contributed by atoms with Crippen molar-refractivity contribution in [3.05, 3.63) is 6.92 Å². The van der Waals surface area contributed by atoms with Crippen LogP contribution in [-0.4, -0.2) is 11.1 Å². The maximum absolute atomic E-state index is 10.3. The molecule has 1 N–H and O–H groups in total. The van der Waals surface area contributed by atoms with Crippen molar-refractivity contribution in [1.29, 1.82) is 0 Å². The van der Waals surface area contributed by atoms with Gasteiger partial charge in [0.25, 0.3) is 0 Å². The van der Waals surface area contributed by atoms with E-state index in [4.69, 9.17) is 5.11 Å². The van der Waals surface area contributed by atoms with Crippen molar-refractivity contribution in [2.45, 2.75) is 124 Å². The maximum atomic E-state index is 10.3. The van der Waals surface area contributed by atoms with Gasteiger partial charge < -0.3 is 5.11 Å². The van der Waals surface area contributed by atoms with Crippen molar-refractivity contribution in [2.75, 3.05) is 0 Å². The average molecular weight is 342 g/mol. The van der Waals surface area contributed by atoms with Crippen molar-refractivity contribution in [3.63, 3.8) is 0 Å². The van der Waals surface area contributed by atoms with Crippen molar-refractivity contribution in [2.24, 2.45) is 5.92 Å². The summed E-state index contributed by atoms with van der Waals surface area (Å²) in [6.45, 7) is 10.0. The van der Waals surface area contributed by atoms with E-state index in [1.165, 1.54) is 83.5 Å². The van der Waals surface area contributed by atoms with Gasteiger partial charge in [0.15, 0.2) is 0 Å². The van der Waals surface area contributed by atoms with Crippen LogP contribution in [0.15, 0.2) is 0 Å². The third-order valence-electron chi connectivity index (χ3n) is 3.99. The van der Waals surface area contributed by atoms with E-state index in [0.717, 1.165) is 12.8 Å². The van der Waals surface area contributed by atoms with E-state index in [0.29, 0.717) is 12.3 Å². The molecule has 0 heterocycles. The van der Waals surface area contributed by atoms with Crippen LogP contribution in [0.25, 0.3) is 0 Å². The minimum Gasteiger partial charge on any atom is -0.481 e. The molecular weight excluding hydrogens is 296 g/mol. The molecule has 0 atom stereocenters. The first-order valence-corrected chi connectivity index (χ1v) is 10.6. The summed E-state index contributed by atoms with van der Waals surface area (Å²) in [5, 5.41) is 8.52. The molecule has 0 aliphatic heterocycles. The molecule has 0 unspecified atom stereocenters. The summed E-state index contributed by atoms with van der Waals surface area (Å²) in [6.07, 6.45) is 20.2. The van der Waals surface area contributed by atoms with Crippen LogP contribution in [-0.2, 0) is 4.79 Å². The number of carboxylic acids is 1. The Labute approximate surface area is 152 Å². The van der Waals surface area contributed by atoms with Crippen molar-refractivity contribution in [1.82, 2.24) is 0 Å². The molecule has 0 amide bonds. The van der Waals surface area contributed by atoms with Gasteiger partial charge in [-0.15, -0.1) is 0 Å². The van der Waals surface area contributed by atoms with Crippen molar-refractivity contribution >= 4 is 5.97 Å². The lowest BCUT2D eigenvalue weighted by molar-refractivity contribution is -0.137. The molecule has 0 saturated carbocycles. The lowest BCUT2D eigenvalue weighted by atomic mass is 10.0. The lowest BCUT2D eigenvalue weighted by Gasteiger charge is -2.03. The Balaban J connectivity index is 0. The molecule has 24 heavy (non-hydrogen) atoms. The zero-order valence-corrected chi connectivity index (χ0v) is 17.0. The largest absolute Gasteiger partial charge is 0.481 e. The third kappa shape index (κ3) is 33.2. The standard InChI is InChI=1S/C18H36O2.C4H9/c1-2-3-4-5-6-7-8-9-10-11-12-13-14-15-16-17-18(19)20;1-4(2)3/h2-17H2,1H3,(H,19,20);4H,1H2,2-3H3. The average Bonchev–Trinajstić information content (AvgIpc) is 2.50. The molecule has 2 nitrogen and oxygen atoms in total. The van der Waals surface area contributed by atoms with Gasteiger partial charge in [-0.1, -0.05) is 118 Å². The molecule has 0 rings (SSSR count). The number of hydrogen-bond donors (Lipinski definition) is 1. The van der Waals surface area contributed by atoms with Gasteiger partial charge in [0, 0.05) is 6.42 Å². The van der Waals surface area contributed by atoms with Gasteiger partial charge >= 0.3 is 5.97 Å². The molecular formula is C22H45O2. The highest BCUT2D eigenvalue weighted by atomic mass is 16.4. The Kier molecular flexibility index (Phi) is 24.1. The first-order valence-electron chi connectivity index (χ1n) is 10.6. The number of hydrogen-bond acceptors (Lipinski definition) is 1. The third-order valence-corrected chi connectivity index (χ3v) is 3.99. The van der Waals surface area contributed by atoms with Gasteiger partial charge in [0.2, 0.25) is 0 Å². The number of unbranched alkanes of at least 4 members (excludes halogenated alkanes) is 14. The molecule has 0 aliphatic rings. The van der Waals surface area contributed by atoms with E-state index in [-0.39, 0.29) is 0 Å². The molecule has 2 heteroatoms. The molecule has 1 radical (unpaired) electrons. The minimum absolute atomic E-state index is 0.345. The first kappa shape index (κ1) is 25.7. The number of carboxylic acid groups (broad SMARTS) is 1. The summed E-state index contributed by atoms with van der Waals surface area (Å²) < 4.78 is 0. The molecule has 0 bridgehead atoms. The highest BCUT2D eigenvalue weighted by Gasteiger charge is 1.97. The second-order valence-corrected chi connectivity index (χ2v) is 7.49. The van der Waals surface area contributed by atoms with Crippen LogP contribution in [0.1, 0.15) is 124 Å². The predicted molar refractivity (Wildman–Crippen MR) is 107 cm³/mol. The molecule has 0 saturated heterocycles. The van der Waals surface area contributed by atoms with Crippen LogP contribution in [0.2, 0.25) is 0 Å². The van der Waals surface area contributed by atoms with E-state index in [1.807, 2.05) is 0 Å². The number of carbonyl (C=O) groups is 1. The Bertz CT molecular complexity index is 233. The van der Waals surface area contributed by atoms with Gasteiger partial charge in [-0.3, -0.25) is 4.79 Å². The van der Waals surface area contributed by atoms with Crippen molar-refractivity contribution < 1.29 is 9.90 Å². The molecule has 0 spiro atoms. The predicted octanol–water partition coefficient (Wildman–Crippen LogP) is 7.81. The fraction of sp³-hybridized carbons (Fsp3) is 0.909. The summed E-state index contributed by atoms with van der Waals surface area (Å²) in [4.78, 5) is 10.3. The summed E-state index contributed by atoms with van der Waals surface area (Å²) in [6, 6.07) is 0. The quantitative estimate of drug-likeness (QED) is 0.291. The lowest BCUT2D eigenvalue weighted by Crippen LogP contribution is -1.93. The van der Waals surface area contributed by atoms with E-state index < -0.39 is 5.97 Å². The van der Waals surface area contributed by atoms with Crippen LogP contribution >= 0.6 is 0 Å². The number of aliphatic carboxylic acids is 1. The van der Waals surface area contributed by atoms with Gasteiger partial charge in [-0.05, 0) is 12.3 Å². The SMILES string of the molecule is CCCCCCCCCCCCCCCCCC(=O)O.[CH2]C(C)C. The zero-order valence-electron chi connectivity index (χ0n) is 17.0. The van der Waals surface area contributed by atoms with E-state index in [1.54, 1.807) is 0 Å². The fourth-order valence-corrected chi connectivity index (χ4v) is 2.65. The van der Waals surface area contributed by atoms with Crippen LogP contribution in [0, 0.1) is 12.8 Å². The summed E-state index contributed by atoms with van der Waals surface area (Å²) in [5.41, 5.74) is 0. The van der Waals surface area contributed by atoms with Gasteiger partial charge in [-0.2, -0.15) is 0 Å². The maximum Gasteiger partial charge on any atom is 0.303 e. The van der Waals surface area contributed by atoms with Crippen LogP contribution in [0.3, 0.4) is 0 Å². The smallest absolute Gasteiger partial charge is 0.303 e.